The summed E-state index contributed by atoms with van der Waals surface area (Å²) in [5, 5.41) is 8.89. The fraction of sp³-hybridized carbons (Fsp3) is 0.636. The van der Waals surface area contributed by atoms with Gasteiger partial charge in [-0.3, -0.25) is 4.90 Å². The first-order chi connectivity index (χ1) is 7.68. The molecule has 2 rings (SSSR count). The highest BCUT2D eigenvalue weighted by atomic mass is 16.4. The lowest BCUT2D eigenvalue weighted by Crippen LogP contribution is -2.30. The van der Waals surface area contributed by atoms with Crippen LogP contribution >= 0.6 is 0 Å². The Morgan fingerprint density at radius 2 is 2.12 bits per heavy atom. The number of likely N-dealkylation sites (tertiary alicyclic amines) is 1. The van der Waals surface area contributed by atoms with Gasteiger partial charge in [-0.05, 0) is 25.9 Å². The number of carboxylic acids is 1. The van der Waals surface area contributed by atoms with Crippen molar-refractivity contribution in [2.45, 2.75) is 25.8 Å². The number of aromatic nitrogens is 2. The second-order valence-corrected chi connectivity index (χ2v) is 4.27. The molecule has 0 unspecified atom stereocenters. The van der Waals surface area contributed by atoms with Crippen molar-refractivity contribution >= 4 is 5.97 Å². The van der Waals surface area contributed by atoms with Gasteiger partial charge in [-0.25, -0.2) is 9.78 Å². The van der Waals surface area contributed by atoms with Crippen molar-refractivity contribution in [2.24, 2.45) is 7.05 Å². The van der Waals surface area contributed by atoms with Crippen LogP contribution in [0.4, 0.5) is 0 Å². The Hall–Kier alpha value is -1.36. The van der Waals surface area contributed by atoms with E-state index < -0.39 is 5.97 Å². The first-order valence-electron chi connectivity index (χ1n) is 5.64. The Labute approximate surface area is 94.7 Å². The van der Waals surface area contributed by atoms with Crippen LogP contribution in [-0.4, -0.2) is 38.6 Å². The third-order valence-electron chi connectivity index (χ3n) is 3.11. The van der Waals surface area contributed by atoms with Crippen LogP contribution in [0.25, 0.3) is 0 Å². The maximum Gasteiger partial charge on any atom is 0.372 e. The van der Waals surface area contributed by atoms with Crippen molar-refractivity contribution in [3.63, 3.8) is 0 Å². The van der Waals surface area contributed by atoms with Gasteiger partial charge in [-0.15, -0.1) is 0 Å². The minimum Gasteiger partial charge on any atom is -0.475 e. The lowest BCUT2D eigenvalue weighted by atomic mass is 10.1. The SMILES string of the molecule is Cn1c(CN2CCCCC2)cnc1C(=O)O. The first kappa shape index (κ1) is 11.1. The molecule has 0 amide bonds. The molecule has 1 saturated heterocycles. The van der Waals surface area contributed by atoms with E-state index in [0.29, 0.717) is 0 Å². The van der Waals surface area contributed by atoms with Crippen LogP contribution in [0.15, 0.2) is 6.20 Å². The van der Waals surface area contributed by atoms with Gasteiger partial charge in [-0.1, -0.05) is 6.42 Å². The quantitative estimate of drug-likeness (QED) is 0.833. The molecule has 5 heteroatoms. The van der Waals surface area contributed by atoms with Crippen LogP contribution in [0.3, 0.4) is 0 Å². The third-order valence-corrected chi connectivity index (χ3v) is 3.11. The Bertz CT molecular complexity index is 381. The smallest absolute Gasteiger partial charge is 0.372 e. The number of piperidine rings is 1. The highest BCUT2D eigenvalue weighted by Gasteiger charge is 2.16. The third kappa shape index (κ3) is 2.24. The van der Waals surface area contributed by atoms with Gasteiger partial charge < -0.3 is 9.67 Å². The second kappa shape index (κ2) is 4.65. The van der Waals surface area contributed by atoms with Crippen LogP contribution in [0, 0.1) is 0 Å². The van der Waals surface area contributed by atoms with Gasteiger partial charge in [0.1, 0.15) is 0 Å². The summed E-state index contributed by atoms with van der Waals surface area (Å²) < 4.78 is 1.66. The van der Waals surface area contributed by atoms with Crippen molar-refractivity contribution in [1.82, 2.24) is 14.5 Å². The summed E-state index contributed by atoms with van der Waals surface area (Å²) in [7, 11) is 1.76. The number of hydrogen-bond acceptors (Lipinski definition) is 3. The zero-order valence-electron chi connectivity index (χ0n) is 9.52. The molecule has 5 nitrogen and oxygen atoms in total. The molecule has 1 aliphatic heterocycles. The van der Waals surface area contributed by atoms with Gasteiger partial charge in [0.15, 0.2) is 0 Å². The van der Waals surface area contributed by atoms with Crippen LogP contribution in [0.1, 0.15) is 35.6 Å². The molecule has 1 aromatic heterocycles. The summed E-state index contributed by atoms with van der Waals surface area (Å²) in [6.45, 7) is 3.01. The maximum absolute atomic E-state index is 10.8. The predicted octanol–water partition coefficient (Wildman–Crippen LogP) is 1.10. The van der Waals surface area contributed by atoms with Crippen molar-refractivity contribution in [3.8, 4) is 0 Å². The zero-order chi connectivity index (χ0) is 11.5. The van der Waals surface area contributed by atoms with E-state index in [1.54, 1.807) is 17.8 Å². The lowest BCUT2D eigenvalue weighted by Gasteiger charge is -2.26. The molecule has 0 aliphatic carbocycles. The van der Waals surface area contributed by atoms with E-state index in [1.807, 2.05) is 0 Å². The van der Waals surface area contributed by atoms with Gasteiger partial charge in [0, 0.05) is 13.6 Å². The van der Waals surface area contributed by atoms with Crippen molar-refractivity contribution in [2.75, 3.05) is 13.1 Å². The standard InChI is InChI=1S/C11H17N3O2/c1-13-9(7-12-10(13)11(15)16)8-14-5-3-2-4-6-14/h7H,2-6,8H2,1H3,(H,15,16). The van der Waals surface area contributed by atoms with Crippen LogP contribution < -0.4 is 0 Å². The predicted molar refractivity (Wildman–Crippen MR) is 59.3 cm³/mol. The lowest BCUT2D eigenvalue weighted by molar-refractivity contribution is 0.0679. The Balaban J connectivity index is 2.06. The normalized spacial score (nSPS) is 17.6. The number of nitrogens with zero attached hydrogens (tertiary/aromatic N) is 3. The summed E-state index contributed by atoms with van der Waals surface area (Å²) in [6.07, 6.45) is 5.45. The topological polar surface area (TPSA) is 58.4 Å². The molecule has 0 aromatic carbocycles. The van der Waals surface area contributed by atoms with E-state index in [-0.39, 0.29) is 5.82 Å². The van der Waals surface area contributed by atoms with Crippen LogP contribution in [0.2, 0.25) is 0 Å². The molecular formula is C11H17N3O2. The van der Waals surface area contributed by atoms with Gasteiger partial charge in [0.2, 0.25) is 5.82 Å². The molecule has 0 bridgehead atoms. The molecule has 0 radical (unpaired) electrons. The molecule has 16 heavy (non-hydrogen) atoms. The molecule has 88 valence electrons. The van der Waals surface area contributed by atoms with Crippen molar-refractivity contribution < 1.29 is 9.90 Å². The first-order valence-corrected chi connectivity index (χ1v) is 5.64. The van der Waals surface area contributed by atoms with Crippen LogP contribution in [0.5, 0.6) is 0 Å². The molecule has 1 N–H and O–H groups in total. The van der Waals surface area contributed by atoms with Crippen molar-refractivity contribution in [3.05, 3.63) is 17.7 Å². The number of hydrogen-bond donors (Lipinski definition) is 1. The molecule has 1 aliphatic rings. The zero-order valence-corrected chi connectivity index (χ0v) is 9.52. The van der Waals surface area contributed by atoms with Gasteiger partial charge in [0.25, 0.3) is 0 Å². The minimum absolute atomic E-state index is 0.118. The summed E-state index contributed by atoms with van der Waals surface area (Å²) in [5.41, 5.74) is 0.972. The number of carbonyl (C=O) groups is 1. The molecule has 1 aromatic rings. The highest BCUT2D eigenvalue weighted by molar-refractivity contribution is 5.83. The van der Waals surface area contributed by atoms with E-state index in [4.69, 9.17) is 5.11 Å². The second-order valence-electron chi connectivity index (χ2n) is 4.27. The molecule has 0 saturated carbocycles. The average Bonchev–Trinajstić information content (AvgIpc) is 2.62. The Kier molecular flexibility index (Phi) is 3.24. The maximum atomic E-state index is 10.8. The summed E-state index contributed by atoms with van der Waals surface area (Å²) in [5.74, 6) is -0.848. The molecule has 2 heterocycles. The number of carboxylic acid groups (broad SMARTS) is 1. The average molecular weight is 223 g/mol. The molecular weight excluding hydrogens is 206 g/mol. The van der Waals surface area contributed by atoms with Crippen LogP contribution in [-0.2, 0) is 13.6 Å². The Morgan fingerprint density at radius 1 is 1.44 bits per heavy atom. The van der Waals surface area contributed by atoms with E-state index in [2.05, 4.69) is 9.88 Å². The molecule has 0 spiro atoms. The summed E-state index contributed by atoms with van der Waals surface area (Å²) in [6, 6.07) is 0. The summed E-state index contributed by atoms with van der Waals surface area (Å²) >= 11 is 0. The number of imidazole rings is 1. The van der Waals surface area contributed by atoms with E-state index in [0.717, 1.165) is 25.3 Å². The van der Waals surface area contributed by atoms with Gasteiger partial charge >= 0.3 is 5.97 Å². The fourth-order valence-corrected chi connectivity index (χ4v) is 2.14. The monoisotopic (exact) mass is 223 g/mol. The molecule has 0 atom stereocenters. The fourth-order valence-electron chi connectivity index (χ4n) is 2.14. The largest absolute Gasteiger partial charge is 0.475 e. The van der Waals surface area contributed by atoms with E-state index in [1.165, 1.54) is 19.3 Å². The van der Waals surface area contributed by atoms with E-state index in [9.17, 15) is 4.79 Å². The Morgan fingerprint density at radius 3 is 2.69 bits per heavy atom. The number of rotatable bonds is 3. The van der Waals surface area contributed by atoms with Gasteiger partial charge in [0.05, 0.1) is 11.9 Å². The summed E-state index contributed by atoms with van der Waals surface area (Å²) in [4.78, 5) is 17.1. The van der Waals surface area contributed by atoms with E-state index >= 15 is 0 Å². The highest BCUT2D eigenvalue weighted by Crippen LogP contribution is 2.13. The van der Waals surface area contributed by atoms with Gasteiger partial charge in [-0.2, -0.15) is 0 Å². The minimum atomic E-state index is -0.965. The molecule has 1 fully saturated rings. The van der Waals surface area contributed by atoms with Crippen molar-refractivity contribution in [1.29, 1.82) is 0 Å². The number of aromatic carboxylic acids is 1.